The molecule has 114 valence electrons. The first kappa shape index (κ1) is 16.5. The van der Waals surface area contributed by atoms with Crippen molar-refractivity contribution in [3.8, 4) is 0 Å². The topological polar surface area (TPSA) is 12.5 Å². The Balaban J connectivity index is 2.04. The van der Waals surface area contributed by atoms with Crippen LogP contribution in [0.5, 0.6) is 0 Å². The number of fused-ring (bicyclic) bond motifs is 1. The molecule has 2 nitrogen and oxygen atoms in total. The Kier molecular flexibility index (Phi) is 4.75. The Bertz CT molecular complexity index is 417. The van der Waals surface area contributed by atoms with Crippen LogP contribution in [0, 0.1) is 5.92 Å². The zero-order valence-corrected chi connectivity index (χ0v) is 16.1. The van der Waals surface area contributed by atoms with Gasteiger partial charge in [0.15, 0.2) is 8.32 Å². The summed E-state index contributed by atoms with van der Waals surface area (Å²) in [5.41, 5.74) is 0. The fraction of sp³-hybridized carbons (Fsp3) is 0.800. The quantitative estimate of drug-likeness (QED) is 0.435. The average molecular weight is 330 g/mol. The van der Waals surface area contributed by atoms with Crippen molar-refractivity contribution in [3.05, 3.63) is 12.2 Å². The summed E-state index contributed by atoms with van der Waals surface area (Å²) < 4.78 is 6.56. The van der Waals surface area contributed by atoms with Crippen LogP contribution >= 0.6 is 24.0 Å². The normalized spacial score (nSPS) is 28.7. The predicted molar refractivity (Wildman–Crippen MR) is 95.9 cm³/mol. The fourth-order valence-electron chi connectivity index (χ4n) is 2.50. The summed E-state index contributed by atoms with van der Waals surface area (Å²) in [4.78, 5) is 3.44. The molecular formula is C15H27NOS2Si. The fourth-order valence-corrected chi connectivity index (χ4v) is 5.97. The molecule has 0 aromatic heterocycles. The minimum Gasteiger partial charge on any atom is -0.413 e. The molecule has 2 aliphatic heterocycles. The number of rotatable bonds is 3. The van der Waals surface area contributed by atoms with Crippen LogP contribution in [0.15, 0.2) is 12.2 Å². The van der Waals surface area contributed by atoms with Crippen LogP contribution in [-0.4, -0.2) is 42.0 Å². The number of thioether (sulfide) groups is 1. The Labute approximate surface area is 134 Å². The van der Waals surface area contributed by atoms with E-state index in [1.165, 1.54) is 0 Å². The van der Waals surface area contributed by atoms with E-state index in [9.17, 15) is 0 Å². The molecule has 0 aliphatic carbocycles. The van der Waals surface area contributed by atoms with Gasteiger partial charge in [0.2, 0.25) is 0 Å². The van der Waals surface area contributed by atoms with E-state index < -0.39 is 8.32 Å². The molecule has 0 bridgehead atoms. The van der Waals surface area contributed by atoms with Gasteiger partial charge in [-0.1, -0.05) is 45.1 Å². The molecule has 2 aliphatic rings. The van der Waals surface area contributed by atoms with E-state index in [1.54, 1.807) is 0 Å². The lowest BCUT2D eigenvalue weighted by Crippen LogP contribution is -2.63. The third-order valence-electron chi connectivity index (χ3n) is 4.81. The summed E-state index contributed by atoms with van der Waals surface area (Å²) >= 11 is 7.63. The molecule has 0 spiro atoms. The molecule has 3 atom stereocenters. The second kappa shape index (κ2) is 5.74. The molecule has 0 aromatic rings. The maximum absolute atomic E-state index is 6.56. The van der Waals surface area contributed by atoms with Gasteiger partial charge >= 0.3 is 0 Å². The van der Waals surface area contributed by atoms with Gasteiger partial charge in [-0.25, -0.2) is 0 Å². The van der Waals surface area contributed by atoms with Gasteiger partial charge in [0.05, 0.1) is 22.4 Å². The van der Waals surface area contributed by atoms with Crippen molar-refractivity contribution in [2.24, 2.45) is 5.92 Å². The van der Waals surface area contributed by atoms with Crippen LogP contribution in [0.4, 0.5) is 0 Å². The lowest BCUT2D eigenvalue weighted by atomic mass is 9.94. The monoisotopic (exact) mass is 329 g/mol. The zero-order valence-electron chi connectivity index (χ0n) is 13.5. The summed E-state index contributed by atoms with van der Waals surface area (Å²) in [6, 6.07) is 0. The van der Waals surface area contributed by atoms with E-state index in [4.69, 9.17) is 16.6 Å². The van der Waals surface area contributed by atoms with Crippen molar-refractivity contribution in [1.82, 2.24) is 4.90 Å². The SMILES string of the molecule is C[C@@H](O[Si](C)(C)C(C)(C)C)[C@H]1C(=S)N2CC=CCS[C@H]12. The third-order valence-corrected chi connectivity index (χ3v) is 11.2. The minimum atomic E-state index is -1.71. The smallest absolute Gasteiger partial charge is 0.192 e. The van der Waals surface area contributed by atoms with Gasteiger partial charge in [-0.05, 0) is 25.1 Å². The van der Waals surface area contributed by atoms with Crippen LogP contribution < -0.4 is 0 Å². The lowest BCUT2D eigenvalue weighted by molar-refractivity contribution is 0.109. The Morgan fingerprint density at radius 1 is 1.40 bits per heavy atom. The van der Waals surface area contributed by atoms with Crippen molar-refractivity contribution in [2.45, 2.75) is 57.3 Å². The van der Waals surface area contributed by atoms with Crippen LogP contribution in [0.1, 0.15) is 27.7 Å². The van der Waals surface area contributed by atoms with Gasteiger partial charge in [0.25, 0.3) is 0 Å². The molecule has 0 unspecified atom stereocenters. The molecule has 1 fully saturated rings. The molecule has 5 heteroatoms. The molecule has 0 saturated carbocycles. The molecular weight excluding hydrogens is 302 g/mol. The Morgan fingerprint density at radius 3 is 2.65 bits per heavy atom. The van der Waals surface area contributed by atoms with Gasteiger partial charge in [0.1, 0.15) is 0 Å². The highest BCUT2D eigenvalue weighted by Gasteiger charge is 2.49. The second-order valence-corrected chi connectivity index (χ2v) is 13.6. The maximum atomic E-state index is 6.56. The number of nitrogens with zero attached hydrogens (tertiary/aromatic N) is 1. The second-order valence-electron chi connectivity index (χ2n) is 7.29. The van der Waals surface area contributed by atoms with E-state index in [0.717, 1.165) is 17.3 Å². The molecule has 0 aromatic carbocycles. The van der Waals surface area contributed by atoms with Gasteiger partial charge in [-0.2, -0.15) is 0 Å². The van der Waals surface area contributed by atoms with Gasteiger partial charge in [-0.3, -0.25) is 0 Å². The Hall–Kier alpha value is 0.157. The Morgan fingerprint density at radius 2 is 2.05 bits per heavy atom. The average Bonchev–Trinajstić information content (AvgIpc) is 2.49. The minimum absolute atomic E-state index is 0.232. The molecule has 0 radical (unpaired) electrons. The van der Waals surface area contributed by atoms with Gasteiger partial charge in [0, 0.05) is 12.3 Å². The first-order chi connectivity index (χ1) is 9.15. The summed E-state index contributed by atoms with van der Waals surface area (Å²) in [5, 5.41) is 0.766. The zero-order chi connectivity index (χ0) is 15.1. The van der Waals surface area contributed by atoms with Crippen molar-refractivity contribution in [1.29, 1.82) is 0 Å². The number of thiocarbonyl (C=S) groups is 1. The lowest BCUT2D eigenvalue weighted by Gasteiger charge is -2.52. The summed E-state index contributed by atoms with van der Waals surface area (Å²) in [5.74, 6) is 1.50. The summed E-state index contributed by atoms with van der Waals surface area (Å²) in [7, 11) is -1.71. The van der Waals surface area contributed by atoms with Crippen molar-refractivity contribution in [2.75, 3.05) is 12.3 Å². The number of hydrogen-bond acceptors (Lipinski definition) is 3. The number of hydrogen-bond donors (Lipinski definition) is 0. The van der Waals surface area contributed by atoms with E-state index in [2.05, 4.69) is 57.8 Å². The molecule has 2 rings (SSSR count). The first-order valence-corrected chi connectivity index (χ1v) is 11.8. The van der Waals surface area contributed by atoms with Crippen LogP contribution in [0.25, 0.3) is 0 Å². The van der Waals surface area contributed by atoms with Gasteiger partial charge < -0.3 is 9.33 Å². The van der Waals surface area contributed by atoms with Crippen LogP contribution in [0.2, 0.25) is 18.1 Å². The maximum Gasteiger partial charge on any atom is 0.192 e. The summed E-state index contributed by atoms with van der Waals surface area (Å²) in [6.07, 6.45) is 4.71. The van der Waals surface area contributed by atoms with E-state index in [0.29, 0.717) is 11.3 Å². The van der Waals surface area contributed by atoms with E-state index >= 15 is 0 Å². The van der Waals surface area contributed by atoms with Crippen molar-refractivity contribution in [3.63, 3.8) is 0 Å². The van der Waals surface area contributed by atoms with E-state index in [-0.39, 0.29) is 11.1 Å². The van der Waals surface area contributed by atoms with Crippen molar-refractivity contribution < 1.29 is 4.43 Å². The van der Waals surface area contributed by atoms with E-state index in [1.807, 2.05) is 11.8 Å². The highest BCUT2D eigenvalue weighted by atomic mass is 32.2. The molecule has 2 heterocycles. The highest BCUT2D eigenvalue weighted by molar-refractivity contribution is 8.00. The largest absolute Gasteiger partial charge is 0.413 e. The van der Waals surface area contributed by atoms with Gasteiger partial charge in [-0.15, -0.1) is 11.8 Å². The summed E-state index contributed by atoms with van der Waals surface area (Å²) in [6.45, 7) is 14.7. The highest BCUT2D eigenvalue weighted by Crippen LogP contribution is 2.43. The molecule has 1 saturated heterocycles. The molecule has 0 N–H and O–H groups in total. The van der Waals surface area contributed by atoms with Crippen LogP contribution in [-0.2, 0) is 4.43 Å². The van der Waals surface area contributed by atoms with Crippen molar-refractivity contribution >= 4 is 37.3 Å². The first-order valence-electron chi connectivity index (χ1n) is 7.40. The third kappa shape index (κ3) is 3.01. The molecule has 0 amide bonds. The predicted octanol–water partition coefficient (Wildman–Crippen LogP) is 4.29. The molecule has 20 heavy (non-hydrogen) atoms. The standard InChI is InChI=1S/C15H27NOS2Si/c1-11(17-20(5,6)15(2,3)4)12-13(18)16-9-7-8-10-19-14(12)16/h7-8,11-12,14H,9-10H2,1-6H3/t11-,12+,14-/m1/s1. The van der Waals surface area contributed by atoms with Crippen LogP contribution in [0.3, 0.4) is 0 Å².